The van der Waals surface area contributed by atoms with Gasteiger partial charge in [0.05, 0.1) is 20.3 Å². The molecule has 0 unspecified atom stereocenters. The zero-order chi connectivity index (χ0) is 14.1. The summed E-state index contributed by atoms with van der Waals surface area (Å²) in [5.41, 5.74) is 0.970. The first-order valence-corrected chi connectivity index (χ1v) is 6.14. The van der Waals surface area contributed by atoms with Crippen molar-refractivity contribution < 1.29 is 19.0 Å². The molecule has 0 saturated carbocycles. The fourth-order valence-electron chi connectivity index (χ4n) is 1.63. The number of benzene rings is 1. The van der Waals surface area contributed by atoms with Crippen LogP contribution in [-0.2, 0) is 20.9 Å². The Morgan fingerprint density at radius 2 is 2.16 bits per heavy atom. The number of carbonyl (C=O) groups excluding carboxylic acids is 1. The van der Waals surface area contributed by atoms with Gasteiger partial charge in [0, 0.05) is 13.2 Å². The van der Waals surface area contributed by atoms with E-state index in [1.54, 1.807) is 14.2 Å². The van der Waals surface area contributed by atoms with Gasteiger partial charge in [-0.1, -0.05) is 12.1 Å². The molecule has 19 heavy (non-hydrogen) atoms. The van der Waals surface area contributed by atoms with Crippen LogP contribution in [0.2, 0.25) is 0 Å². The second kappa shape index (κ2) is 8.50. The first-order chi connectivity index (χ1) is 9.15. The summed E-state index contributed by atoms with van der Waals surface area (Å²) in [5.74, 6) is 0.631. The Morgan fingerprint density at radius 1 is 1.37 bits per heavy atom. The second-order valence-corrected chi connectivity index (χ2v) is 4.27. The number of nitrogens with one attached hydrogen (secondary N) is 1. The van der Waals surface area contributed by atoms with E-state index < -0.39 is 0 Å². The topological polar surface area (TPSA) is 56.8 Å². The molecule has 0 aliphatic heterocycles. The monoisotopic (exact) mass is 267 g/mol. The van der Waals surface area contributed by atoms with Crippen molar-refractivity contribution in [1.29, 1.82) is 0 Å². The highest BCUT2D eigenvalue weighted by molar-refractivity contribution is 5.77. The van der Waals surface area contributed by atoms with Gasteiger partial charge < -0.3 is 19.5 Å². The van der Waals surface area contributed by atoms with Gasteiger partial charge in [-0.05, 0) is 24.6 Å². The Balaban J connectivity index is 2.27. The van der Waals surface area contributed by atoms with E-state index in [-0.39, 0.29) is 18.6 Å². The molecule has 1 atom stereocenters. The highest BCUT2D eigenvalue weighted by atomic mass is 16.5. The third-order valence-corrected chi connectivity index (χ3v) is 2.46. The maximum Gasteiger partial charge on any atom is 0.246 e. The van der Waals surface area contributed by atoms with Gasteiger partial charge in [0.2, 0.25) is 5.91 Å². The van der Waals surface area contributed by atoms with Crippen LogP contribution < -0.4 is 10.1 Å². The van der Waals surface area contributed by atoms with E-state index in [1.165, 1.54) is 0 Å². The first-order valence-electron chi connectivity index (χ1n) is 6.14. The molecule has 0 aliphatic carbocycles. The fourth-order valence-corrected chi connectivity index (χ4v) is 1.63. The third-order valence-electron chi connectivity index (χ3n) is 2.46. The minimum atomic E-state index is -0.146. The van der Waals surface area contributed by atoms with Crippen molar-refractivity contribution in [2.45, 2.75) is 19.6 Å². The Hall–Kier alpha value is -1.59. The maximum atomic E-state index is 11.5. The molecule has 0 saturated heterocycles. The van der Waals surface area contributed by atoms with Crippen LogP contribution in [0, 0.1) is 0 Å². The summed E-state index contributed by atoms with van der Waals surface area (Å²) in [4.78, 5) is 11.5. The first kappa shape index (κ1) is 15.5. The Morgan fingerprint density at radius 3 is 2.84 bits per heavy atom. The normalized spacial score (nSPS) is 11.9. The number of methoxy groups -OCH3 is 2. The Kier molecular flexibility index (Phi) is 6.92. The van der Waals surface area contributed by atoms with Crippen LogP contribution in [0.5, 0.6) is 5.75 Å². The molecule has 0 heterocycles. The minimum absolute atomic E-state index is 0.0158. The molecule has 0 spiro atoms. The van der Waals surface area contributed by atoms with Gasteiger partial charge in [-0.2, -0.15) is 0 Å². The Bertz CT molecular complexity index is 395. The van der Waals surface area contributed by atoms with Gasteiger partial charge in [0.1, 0.15) is 12.4 Å². The van der Waals surface area contributed by atoms with Gasteiger partial charge in [0.25, 0.3) is 0 Å². The van der Waals surface area contributed by atoms with Crippen molar-refractivity contribution in [2.75, 3.05) is 27.4 Å². The zero-order valence-electron chi connectivity index (χ0n) is 11.6. The lowest BCUT2D eigenvalue weighted by atomic mass is 10.2. The zero-order valence-corrected chi connectivity index (χ0v) is 11.6. The van der Waals surface area contributed by atoms with Gasteiger partial charge >= 0.3 is 0 Å². The summed E-state index contributed by atoms with van der Waals surface area (Å²) in [6.07, 6.45) is 0. The standard InChI is InChI=1S/C14H21NO4/c1-11(8-17-2)15-14(16)10-19-9-12-5-4-6-13(7-12)18-3/h4-7,11H,8-10H2,1-3H3,(H,15,16)/t11-/m0/s1. The molecule has 0 aliphatic rings. The van der Waals surface area contributed by atoms with Crippen LogP contribution >= 0.6 is 0 Å². The largest absolute Gasteiger partial charge is 0.497 e. The molecular formula is C14H21NO4. The highest BCUT2D eigenvalue weighted by Crippen LogP contribution is 2.12. The van der Waals surface area contributed by atoms with Crippen LogP contribution in [0.25, 0.3) is 0 Å². The Labute approximate surface area is 113 Å². The van der Waals surface area contributed by atoms with Crippen LogP contribution in [0.3, 0.4) is 0 Å². The molecule has 0 radical (unpaired) electrons. The minimum Gasteiger partial charge on any atom is -0.497 e. The predicted molar refractivity (Wildman–Crippen MR) is 72.1 cm³/mol. The van der Waals surface area contributed by atoms with Crippen molar-refractivity contribution in [2.24, 2.45) is 0 Å². The molecule has 0 bridgehead atoms. The quantitative estimate of drug-likeness (QED) is 0.772. The second-order valence-electron chi connectivity index (χ2n) is 4.27. The lowest BCUT2D eigenvalue weighted by Crippen LogP contribution is -2.37. The van der Waals surface area contributed by atoms with Crippen LogP contribution in [0.1, 0.15) is 12.5 Å². The number of ether oxygens (including phenoxy) is 3. The lowest BCUT2D eigenvalue weighted by molar-refractivity contribution is -0.127. The van der Waals surface area contributed by atoms with E-state index in [4.69, 9.17) is 14.2 Å². The fraction of sp³-hybridized carbons (Fsp3) is 0.500. The highest BCUT2D eigenvalue weighted by Gasteiger charge is 2.07. The molecule has 0 aromatic heterocycles. The van der Waals surface area contributed by atoms with E-state index in [0.29, 0.717) is 13.2 Å². The molecule has 0 fully saturated rings. The van der Waals surface area contributed by atoms with Crippen molar-refractivity contribution in [3.05, 3.63) is 29.8 Å². The molecule has 1 aromatic carbocycles. The van der Waals surface area contributed by atoms with E-state index in [9.17, 15) is 4.79 Å². The van der Waals surface area contributed by atoms with Gasteiger partial charge in [-0.3, -0.25) is 4.79 Å². The van der Waals surface area contributed by atoms with Crippen molar-refractivity contribution >= 4 is 5.91 Å². The van der Waals surface area contributed by atoms with Crippen molar-refractivity contribution in [1.82, 2.24) is 5.32 Å². The summed E-state index contributed by atoms with van der Waals surface area (Å²) in [5, 5.41) is 2.78. The summed E-state index contributed by atoms with van der Waals surface area (Å²) >= 11 is 0. The average molecular weight is 267 g/mol. The molecule has 5 nitrogen and oxygen atoms in total. The smallest absolute Gasteiger partial charge is 0.246 e. The number of amides is 1. The molecule has 5 heteroatoms. The van der Waals surface area contributed by atoms with E-state index in [1.807, 2.05) is 31.2 Å². The molecule has 1 N–H and O–H groups in total. The average Bonchev–Trinajstić information content (AvgIpc) is 2.39. The summed E-state index contributed by atoms with van der Waals surface area (Å²) in [6, 6.07) is 7.54. The van der Waals surface area contributed by atoms with Crippen LogP contribution in [0.15, 0.2) is 24.3 Å². The number of carbonyl (C=O) groups is 1. The summed E-state index contributed by atoms with van der Waals surface area (Å²) in [7, 11) is 3.21. The number of hydrogen-bond acceptors (Lipinski definition) is 4. The van der Waals surface area contributed by atoms with E-state index in [2.05, 4.69) is 5.32 Å². The van der Waals surface area contributed by atoms with Crippen molar-refractivity contribution in [3.8, 4) is 5.75 Å². The van der Waals surface area contributed by atoms with Crippen LogP contribution in [0.4, 0.5) is 0 Å². The molecule has 1 aromatic rings. The molecule has 106 valence electrons. The lowest BCUT2D eigenvalue weighted by Gasteiger charge is -2.12. The summed E-state index contributed by atoms with van der Waals surface area (Å²) in [6.45, 7) is 2.78. The van der Waals surface area contributed by atoms with Gasteiger partial charge in [-0.15, -0.1) is 0 Å². The van der Waals surface area contributed by atoms with Crippen LogP contribution in [-0.4, -0.2) is 39.4 Å². The maximum absolute atomic E-state index is 11.5. The molecule has 1 rings (SSSR count). The van der Waals surface area contributed by atoms with E-state index in [0.717, 1.165) is 11.3 Å². The number of hydrogen-bond donors (Lipinski definition) is 1. The predicted octanol–water partition coefficient (Wildman–Crippen LogP) is 1.36. The third kappa shape index (κ3) is 6.22. The van der Waals surface area contributed by atoms with Gasteiger partial charge in [0.15, 0.2) is 0 Å². The van der Waals surface area contributed by atoms with Crippen molar-refractivity contribution in [3.63, 3.8) is 0 Å². The number of rotatable bonds is 8. The molecule has 1 amide bonds. The molecular weight excluding hydrogens is 246 g/mol. The van der Waals surface area contributed by atoms with Gasteiger partial charge in [-0.25, -0.2) is 0 Å². The van der Waals surface area contributed by atoms with E-state index >= 15 is 0 Å². The summed E-state index contributed by atoms with van der Waals surface area (Å²) < 4.78 is 15.4. The SMILES string of the molecule is COC[C@H](C)NC(=O)COCc1cccc(OC)c1.